The van der Waals surface area contributed by atoms with Gasteiger partial charge in [-0.25, -0.2) is 0 Å². The second-order valence-electron chi connectivity index (χ2n) is 6.64. The third-order valence-corrected chi connectivity index (χ3v) is 5.03. The van der Waals surface area contributed by atoms with Gasteiger partial charge >= 0.3 is 0 Å². The SMILES string of the molecule is CC(O)C1CCCCN1CC(=O)N1CCc2cc([N+](=O)[O-])ccc21. The lowest BCUT2D eigenvalue weighted by molar-refractivity contribution is -0.384. The summed E-state index contributed by atoms with van der Waals surface area (Å²) in [5.74, 6) is -0.00449. The zero-order valence-electron chi connectivity index (χ0n) is 13.9. The molecule has 2 aliphatic rings. The lowest BCUT2D eigenvalue weighted by atomic mass is 9.98. The van der Waals surface area contributed by atoms with Gasteiger partial charge in [0, 0.05) is 30.4 Å². The molecule has 2 unspecified atom stereocenters. The highest BCUT2D eigenvalue weighted by Gasteiger charge is 2.31. The van der Waals surface area contributed by atoms with Crippen molar-refractivity contribution in [1.29, 1.82) is 0 Å². The molecule has 2 aliphatic heterocycles. The summed E-state index contributed by atoms with van der Waals surface area (Å²) < 4.78 is 0. The predicted octanol–water partition coefficient (Wildman–Crippen LogP) is 1.72. The maximum Gasteiger partial charge on any atom is 0.269 e. The number of carbonyl (C=O) groups excluding carboxylic acids is 1. The molecule has 2 heterocycles. The number of hydrogen-bond acceptors (Lipinski definition) is 5. The molecule has 0 saturated carbocycles. The molecule has 0 bridgehead atoms. The number of nitrogens with zero attached hydrogens (tertiary/aromatic N) is 3. The van der Waals surface area contributed by atoms with Crippen LogP contribution in [0.1, 0.15) is 31.7 Å². The number of hydrogen-bond donors (Lipinski definition) is 1. The van der Waals surface area contributed by atoms with E-state index in [-0.39, 0.29) is 24.2 Å². The van der Waals surface area contributed by atoms with E-state index in [1.165, 1.54) is 6.07 Å². The largest absolute Gasteiger partial charge is 0.392 e. The van der Waals surface area contributed by atoms with Crippen molar-refractivity contribution in [2.75, 3.05) is 24.5 Å². The van der Waals surface area contributed by atoms with Crippen molar-refractivity contribution in [3.05, 3.63) is 33.9 Å². The van der Waals surface area contributed by atoms with Gasteiger partial charge in [-0.1, -0.05) is 6.42 Å². The number of aliphatic hydroxyl groups excluding tert-OH is 1. The van der Waals surface area contributed by atoms with Gasteiger partial charge in [0.2, 0.25) is 5.91 Å². The summed E-state index contributed by atoms with van der Waals surface area (Å²) in [5.41, 5.74) is 1.69. The molecule has 2 atom stereocenters. The predicted molar refractivity (Wildman–Crippen MR) is 90.0 cm³/mol. The Morgan fingerprint density at radius 2 is 2.21 bits per heavy atom. The fourth-order valence-corrected chi connectivity index (χ4v) is 3.78. The maximum absolute atomic E-state index is 12.7. The Bertz CT molecular complexity index is 647. The van der Waals surface area contributed by atoms with Crippen LogP contribution in [0.3, 0.4) is 0 Å². The van der Waals surface area contributed by atoms with Crippen molar-refractivity contribution < 1.29 is 14.8 Å². The summed E-state index contributed by atoms with van der Waals surface area (Å²) in [6.45, 7) is 3.44. The molecule has 1 aromatic rings. The van der Waals surface area contributed by atoms with E-state index in [9.17, 15) is 20.0 Å². The van der Waals surface area contributed by atoms with Crippen LogP contribution >= 0.6 is 0 Å². The van der Waals surface area contributed by atoms with Gasteiger partial charge in [0.15, 0.2) is 0 Å². The first-order valence-electron chi connectivity index (χ1n) is 8.47. The number of amides is 1. The Labute approximate surface area is 141 Å². The quantitative estimate of drug-likeness (QED) is 0.670. The Balaban J connectivity index is 1.72. The number of anilines is 1. The molecule has 3 rings (SSSR count). The second-order valence-corrected chi connectivity index (χ2v) is 6.64. The molecular weight excluding hydrogens is 310 g/mol. The summed E-state index contributed by atoms with van der Waals surface area (Å²) in [6, 6.07) is 4.70. The number of likely N-dealkylation sites (tertiary alicyclic amines) is 1. The fraction of sp³-hybridized carbons (Fsp3) is 0.588. The van der Waals surface area contributed by atoms with Gasteiger partial charge in [-0.15, -0.1) is 0 Å². The first-order chi connectivity index (χ1) is 11.5. The van der Waals surface area contributed by atoms with Gasteiger partial charge in [-0.05, 0) is 44.4 Å². The first-order valence-corrected chi connectivity index (χ1v) is 8.47. The smallest absolute Gasteiger partial charge is 0.269 e. The van der Waals surface area contributed by atoms with Crippen LogP contribution in [0.5, 0.6) is 0 Å². The number of aliphatic hydroxyl groups is 1. The minimum Gasteiger partial charge on any atom is -0.392 e. The zero-order valence-corrected chi connectivity index (χ0v) is 13.9. The van der Waals surface area contributed by atoms with Crippen molar-refractivity contribution in [3.8, 4) is 0 Å². The molecule has 1 saturated heterocycles. The molecule has 0 aromatic heterocycles. The summed E-state index contributed by atoms with van der Waals surface area (Å²) in [5, 5.41) is 20.8. The summed E-state index contributed by atoms with van der Waals surface area (Å²) in [6.07, 6.45) is 3.22. The van der Waals surface area contributed by atoms with Gasteiger partial charge in [-0.2, -0.15) is 0 Å². The number of benzene rings is 1. The molecule has 7 heteroatoms. The minimum atomic E-state index is -0.452. The van der Waals surface area contributed by atoms with Gasteiger partial charge < -0.3 is 10.0 Å². The third kappa shape index (κ3) is 3.27. The number of carbonyl (C=O) groups is 1. The highest BCUT2D eigenvalue weighted by Crippen LogP contribution is 2.31. The van der Waals surface area contributed by atoms with Crippen LogP contribution in [0, 0.1) is 10.1 Å². The highest BCUT2D eigenvalue weighted by molar-refractivity contribution is 5.97. The van der Waals surface area contributed by atoms with Crippen LogP contribution in [0.2, 0.25) is 0 Å². The lowest BCUT2D eigenvalue weighted by Crippen LogP contribution is -2.50. The van der Waals surface area contributed by atoms with E-state index in [2.05, 4.69) is 4.90 Å². The Morgan fingerprint density at radius 1 is 1.42 bits per heavy atom. The molecule has 1 aromatic carbocycles. The number of fused-ring (bicyclic) bond motifs is 1. The summed E-state index contributed by atoms with van der Waals surface area (Å²) >= 11 is 0. The van der Waals surface area contributed by atoms with Crippen LogP contribution in [-0.4, -0.2) is 52.6 Å². The molecule has 24 heavy (non-hydrogen) atoms. The summed E-state index contributed by atoms with van der Waals surface area (Å²) in [7, 11) is 0. The minimum absolute atomic E-state index is 0.00449. The van der Waals surface area contributed by atoms with Crippen LogP contribution in [0.25, 0.3) is 0 Å². The van der Waals surface area contributed by atoms with Crippen LogP contribution in [-0.2, 0) is 11.2 Å². The standard InChI is InChI=1S/C17H23N3O4/c1-12(21)15-4-2-3-8-18(15)11-17(22)19-9-7-13-10-14(20(23)24)5-6-16(13)19/h5-6,10,12,15,21H,2-4,7-9,11H2,1H3. The highest BCUT2D eigenvalue weighted by atomic mass is 16.6. The Kier molecular flexibility index (Phi) is 4.82. The van der Waals surface area contributed by atoms with Crippen LogP contribution in [0.4, 0.5) is 11.4 Å². The molecule has 1 fully saturated rings. The van der Waals surface area contributed by atoms with E-state index < -0.39 is 11.0 Å². The first kappa shape index (κ1) is 16.9. The van der Waals surface area contributed by atoms with Gasteiger partial charge in [0.05, 0.1) is 17.6 Å². The van der Waals surface area contributed by atoms with E-state index in [1.807, 2.05) is 0 Å². The number of non-ortho nitro benzene ring substituents is 1. The van der Waals surface area contributed by atoms with E-state index >= 15 is 0 Å². The molecule has 7 nitrogen and oxygen atoms in total. The average molecular weight is 333 g/mol. The number of piperidine rings is 1. The van der Waals surface area contributed by atoms with E-state index in [0.717, 1.165) is 37.1 Å². The second kappa shape index (κ2) is 6.86. The van der Waals surface area contributed by atoms with Crippen molar-refractivity contribution in [1.82, 2.24) is 4.90 Å². The zero-order chi connectivity index (χ0) is 17.3. The average Bonchev–Trinajstić information content (AvgIpc) is 2.98. The van der Waals surface area contributed by atoms with Gasteiger partial charge in [-0.3, -0.25) is 19.8 Å². The molecular formula is C17H23N3O4. The topological polar surface area (TPSA) is 86.9 Å². The van der Waals surface area contributed by atoms with Gasteiger partial charge in [0.1, 0.15) is 0 Å². The van der Waals surface area contributed by atoms with Crippen molar-refractivity contribution in [2.45, 2.75) is 44.8 Å². The van der Waals surface area contributed by atoms with E-state index in [4.69, 9.17) is 0 Å². The molecule has 130 valence electrons. The van der Waals surface area contributed by atoms with Crippen molar-refractivity contribution in [3.63, 3.8) is 0 Å². The number of rotatable bonds is 4. The fourth-order valence-electron chi connectivity index (χ4n) is 3.78. The monoisotopic (exact) mass is 333 g/mol. The summed E-state index contributed by atoms with van der Waals surface area (Å²) in [4.78, 5) is 27.0. The normalized spacial score (nSPS) is 22.2. The molecule has 0 spiro atoms. The molecule has 1 N–H and O–H groups in total. The van der Waals surface area contributed by atoms with Gasteiger partial charge in [0.25, 0.3) is 5.69 Å². The molecule has 0 radical (unpaired) electrons. The Morgan fingerprint density at radius 3 is 2.92 bits per heavy atom. The Hall–Kier alpha value is -1.99. The molecule has 0 aliphatic carbocycles. The van der Waals surface area contributed by atoms with Crippen molar-refractivity contribution >= 4 is 17.3 Å². The lowest BCUT2D eigenvalue weighted by Gasteiger charge is -2.37. The van der Waals surface area contributed by atoms with E-state index in [0.29, 0.717) is 13.0 Å². The van der Waals surface area contributed by atoms with E-state index in [1.54, 1.807) is 24.0 Å². The van der Waals surface area contributed by atoms with Crippen LogP contribution < -0.4 is 4.90 Å². The maximum atomic E-state index is 12.7. The number of nitro benzene ring substituents is 1. The van der Waals surface area contributed by atoms with Crippen LogP contribution in [0.15, 0.2) is 18.2 Å². The van der Waals surface area contributed by atoms with Crippen molar-refractivity contribution in [2.24, 2.45) is 0 Å². The molecule has 1 amide bonds. The third-order valence-electron chi connectivity index (χ3n) is 5.03. The number of nitro groups is 1.